The van der Waals surface area contributed by atoms with Gasteiger partial charge in [-0.3, -0.25) is 9.48 Å². The Morgan fingerprint density at radius 1 is 1.50 bits per heavy atom. The van der Waals surface area contributed by atoms with Gasteiger partial charge in [-0.15, -0.1) is 5.10 Å². The van der Waals surface area contributed by atoms with Crippen molar-refractivity contribution in [2.45, 2.75) is 31.7 Å². The first-order valence-electron chi connectivity index (χ1n) is 8.15. The first-order valence-corrected chi connectivity index (χ1v) is 9.55. The number of nitrogens with zero attached hydrogens (tertiary/aromatic N) is 4. The van der Waals surface area contributed by atoms with Gasteiger partial charge in [-0.05, 0) is 37.1 Å². The number of likely N-dealkylation sites (tertiary alicyclic amines) is 1. The second kappa shape index (κ2) is 7.85. The number of carbonyl (C=O) groups excluding carboxylic acids is 1. The summed E-state index contributed by atoms with van der Waals surface area (Å²) in [6, 6.07) is 3.66. The van der Waals surface area contributed by atoms with E-state index >= 15 is 0 Å². The summed E-state index contributed by atoms with van der Waals surface area (Å²) in [4.78, 5) is 14.5. The highest BCUT2D eigenvalue weighted by atomic mass is 32.2. The Labute approximate surface area is 145 Å². The Bertz CT molecular complexity index is 684. The monoisotopic (exact) mass is 349 g/mol. The van der Waals surface area contributed by atoms with E-state index in [2.05, 4.69) is 10.3 Å². The lowest BCUT2D eigenvalue weighted by Crippen LogP contribution is -2.41. The van der Waals surface area contributed by atoms with Crippen molar-refractivity contribution in [3.05, 3.63) is 35.5 Å². The number of carbonyl (C=O) groups is 1. The Kier molecular flexibility index (Phi) is 5.57. The number of hydrogen-bond acceptors (Lipinski definition) is 6. The molecule has 1 fully saturated rings. The van der Waals surface area contributed by atoms with Crippen LogP contribution < -0.4 is 5.73 Å². The molecule has 0 aromatic carbocycles. The van der Waals surface area contributed by atoms with Gasteiger partial charge in [0.05, 0.1) is 11.4 Å². The van der Waals surface area contributed by atoms with E-state index in [0.717, 1.165) is 49.7 Å². The van der Waals surface area contributed by atoms with E-state index < -0.39 is 0 Å². The largest absolute Gasteiger partial charge is 0.455 e. The highest BCUT2D eigenvalue weighted by molar-refractivity contribution is 7.97. The number of amides is 1. The Balaban J connectivity index is 1.60. The Hall–Kier alpha value is -1.80. The van der Waals surface area contributed by atoms with Crippen LogP contribution in [0.15, 0.2) is 22.7 Å². The topological polar surface area (TPSA) is 90.2 Å². The molecule has 1 saturated heterocycles. The molecular weight excluding hydrogens is 326 g/mol. The number of rotatable bonds is 6. The molecule has 0 aliphatic carbocycles. The normalized spacial score (nSPS) is 18.1. The molecular formula is C16H23N5O2S. The number of thioether (sulfide) groups is 1. The van der Waals surface area contributed by atoms with Crippen LogP contribution in [0.5, 0.6) is 0 Å². The third kappa shape index (κ3) is 3.99. The van der Waals surface area contributed by atoms with Gasteiger partial charge < -0.3 is 15.1 Å². The van der Waals surface area contributed by atoms with Crippen molar-refractivity contribution in [2.24, 2.45) is 11.7 Å². The van der Waals surface area contributed by atoms with Crippen molar-refractivity contribution in [3.8, 4) is 0 Å². The lowest BCUT2D eigenvalue weighted by atomic mass is 9.98. The molecule has 130 valence electrons. The standard InChI is InChI=1S/C16H23N5O2S/c1-24-11-14-4-5-15(23-14)16(22)20-6-2-3-12(8-20)9-21-10-13(7-17)18-19-21/h4-5,10,12H,2-3,6-9,11,17H2,1H3. The predicted molar refractivity (Wildman–Crippen MR) is 92.5 cm³/mol. The van der Waals surface area contributed by atoms with E-state index in [1.165, 1.54) is 0 Å². The zero-order valence-corrected chi connectivity index (χ0v) is 14.7. The third-order valence-electron chi connectivity index (χ3n) is 4.21. The fourth-order valence-electron chi connectivity index (χ4n) is 3.05. The van der Waals surface area contributed by atoms with E-state index in [0.29, 0.717) is 18.2 Å². The summed E-state index contributed by atoms with van der Waals surface area (Å²) in [5.74, 6) is 2.41. The van der Waals surface area contributed by atoms with Crippen molar-refractivity contribution in [1.82, 2.24) is 19.9 Å². The van der Waals surface area contributed by atoms with Crippen molar-refractivity contribution in [1.29, 1.82) is 0 Å². The van der Waals surface area contributed by atoms with Gasteiger partial charge in [0.2, 0.25) is 0 Å². The van der Waals surface area contributed by atoms with Gasteiger partial charge in [0.15, 0.2) is 5.76 Å². The fraction of sp³-hybridized carbons (Fsp3) is 0.562. The summed E-state index contributed by atoms with van der Waals surface area (Å²) in [7, 11) is 0. The molecule has 2 N–H and O–H groups in total. The molecule has 3 rings (SSSR count). The molecule has 2 aromatic rings. The minimum atomic E-state index is -0.0201. The second-order valence-corrected chi connectivity index (χ2v) is 6.96. The van der Waals surface area contributed by atoms with E-state index in [9.17, 15) is 4.79 Å². The van der Waals surface area contributed by atoms with Crippen LogP contribution in [0, 0.1) is 5.92 Å². The summed E-state index contributed by atoms with van der Waals surface area (Å²) in [5, 5.41) is 8.11. The number of aromatic nitrogens is 3. The molecule has 1 amide bonds. The number of piperidine rings is 1. The zero-order chi connectivity index (χ0) is 16.9. The summed E-state index contributed by atoms with van der Waals surface area (Å²) >= 11 is 1.68. The molecule has 0 bridgehead atoms. The SMILES string of the molecule is CSCc1ccc(C(=O)N2CCCC(Cn3cc(CN)nn3)C2)o1. The maximum absolute atomic E-state index is 12.6. The predicted octanol–water partition coefficient (Wildman–Crippen LogP) is 1.75. The highest BCUT2D eigenvalue weighted by Gasteiger charge is 2.26. The van der Waals surface area contributed by atoms with Gasteiger partial charge in [0, 0.05) is 32.4 Å². The molecule has 1 aliphatic rings. The maximum atomic E-state index is 12.6. The number of furan rings is 1. The lowest BCUT2D eigenvalue weighted by Gasteiger charge is -2.32. The van der Waals surface area contributed by atoms with Crippen LogP contribution in [0.2, 0.25) is 0 Å². The number of nitrogens with two attached hydrogens (primary N) is 1. The van der Waals surface area contributed by atoms with E-state index in [4.69, 9.17) is 10.2 Å². The van der Waals surface area contributed by atoms with Gasteiger partial charge in [-0.25, -0.2) is 0 Å². The molecule has 7 nitrogen and oxygen atoms in total. The summed E-state index contributed by atoms with van der Waals surface area (Å²) in [6.45, 7) is 2.65. The van der Waals surface area contributed by atoms with Crippen molar-refractivity contribution < 1.29 is 9.21 Å². The van der Waals surface area contributed by atoms with Crippen LogP contribution in [-0.2, 0) is 18.8 Å². The van der Waals surface area contributed by atoms with Crippen LogP contribution in [-0.4, -0.2) is 45.1 Å². The zero-order valence-electron chi connectivity index (χ0n) is 13.9. The van der Waals surface area contributed by atoms with E-state index in [1.54, 1.807) is 17.8 Å². The van der Waals surface area contributed by atoms with E-state index in [1.807, 2.05) is 28.1 Å². The van der Waals surface area contributed by atoms with Crippen LogP contribution in [0.3, 0.4) is 0 Å². The Morgan fingerprint density at radius 3 is 3.12 bits per heavy atom. The van der Waals surface area contributed by atoms with Crippen LogP contribution in [0.25, 0.3) is 0 Å². The lowest BCUT2D eigenvalue weighted by molar-refractivity contribution is 0.0626. The second-order valence-electron chi connectivity index (χ2n) is 6.09. The molecule has 0 spiro atoms. The smallest absolute Gasteiger partial charge is 0.289 e. The average Bonchev–Trinajstić information content (AvgIpc) is 3.24. The first-order chi connectivity index (χ1) is 11.7. The molecule has 1 aliphatic heterocycles. The highest BCUT2D eigenvalue weighted by Crippen LogP contribution is 2.21. The molecule has 3 heterocycles. The van der Waals surface area contributed by atoms with Crippen molar-refractivity contribution in [2.75, 3.05) is 19.3 Å². The van der Waals surface area contributed by atoms with Gasteiger partial charge in [0.1, 0.15) is 5.76 Å². The Morgan fingerprint density at radius 2 is 2.38 bits per heavy atom. The molecule has 8 heteroatoms. The molecule has 1 unspecified atom stereocenters. The third-order valence-corrected chi connectivity index (χ3v) is 4.78. The first kappa shape index (κ1) is 17.0. The summed E-state index contributed by atoms with van der Waals surface area (Å²) in [5.41, 5.74) is 6.35. The molecule has 1 atom stereocenters. The number of hydrogen-bond donors (Lipinski definition) is 1. The molecule has 24 heavy (non-hydrogen) atoms. The van der Waals surface area contributed by atoms with Crippen molar-refractivity contribution >= 4 is 17.7 Å². The molecule has 2 aromatic heterocycles. The van der Waals surface area contributed by atoms with Crippen LogP contribution in [0.1, 0.15) is 34.9 Å². The van der Waals surface area contributed by atoms with Gasteiger partial charge in [-0.2, -0.15) is 11.8 Å². The quantitative estimate of drug-likeness (QED) is 0.854. The average molecular weight is 349 g/mol. The summed E-state index contributed by atoms with van der Waals surface area (Å²) < 4.78 is 7.48. The fourth-order valence-corrected chi connectivity index (χ4v) is 3.49. The van der Waals surface area contributed by atoms with Gasteiger partial charge in [0.25, 0.3) is 5.91 Å². The van der Waals surface area contributed by atoms with Crippen molar-refractivity contribution in [3.63, 3.8) is 0 Å². The van der Waals surface area contributed by atoms with Crippen LogP contribution >= 0.6 is 11.8 Å². The minimum Gasteiger partial charge on any atom is -0.455 e. The maximum Gasteiger partial charge on any atom is 0.289 e. The summed E-state index contributed by atoms with van der Waals surface area (Å²) in [6.07, 6.45) is 5.96. The molecule has 0 radical (unpaired) electrons. The minimum absolute atomic E-state index is 0.0201. The van der Waals surface area contributed by atoms with Gasteiger partial charge >= 0.3 is 0 Å². The van der Waals surface area contributed by atoms with Crippen LogP contribution in [0.4, 0.5) is 0 Å². The van der Waals surface area contributed by atoms with Gasteiger partial charge in [-0.1, -0.05) is 5.21 Å². The molecule has 0 saturated carbocycles. The van der Waals surface area contributed by atoms with E-state index in [-0.39, 0.29) is 5.91 Å².